The fraction of sp³-hybridized carbons (Fsp3) is 0.148. The molecule has 3 aromatic carbocycles. The largest absolute Gasteiger partial charge is 0.489 e. The van der Waals surface area contributed by atoms with Crippen LogP contribution in [0.2, 0.25) is 5.02 Å². The molecule has 7 nitrogen and oxygen atoms in total. The first-order chi connectivity index (χ1) is 17.0. The van der Waals surface area contributed by atoms with Crippen LogP contribution in [0.15, 0.2) is 84.7 Å². The van der Waals surface area contributed by atoms with Crippen LogP contribution >= 0.6 is 11.6 Å². The molecule has 0 radical (unpaired) electrons. The van der Waals surface area contributed by atoms with Crippen LogP contribution in [0.4, 0.5) is 5.95 Å². The van der Waals surface area contributed by atoms with Gasteiger partial charge in [-0.1, -0.05) is 65.7 Å². The number of aromatic nitrogens is 3. The van der Waals surface area contributed by atoms with Crippen molar-refractivity contribution in [1.29, 1.82) is 0 Å². The number of aryl methyl sites for hydroxylation is 1. The van der Waals surface area contributed by atoms with Gasteiger partial charge in [0.1, 0.15) is 24.7 Å². The topological polar surface area (TPSA) is 78.3 Å². The van der Waals surface area contributed by atoms with Crippen LogP contribution in [0.5, 0.6) is 5.75 Å². The number of ether oxygens (including phenoxy) is 2. The minimum absolute atomic E-state index is 0.418. The minimum Gasteiger partial charge on any atom is -0.489 e. The molecule has 1 aliphatic heterocycles. The molecule has 0 saturated heterocycles. The molecule has 2 heterocycles. The van der Waals surface area contributed by atoms with E-state index in [0.717, 1.165) is 22.4 Å². The maximum atomic E-state index is 13.1. The van der Waals surface area contributed by atoms with Crippen LogP contribution in [0.25, 0.3) is 5.70 Å². The third kappa shape index (κ3) is 4.63. The Labute approximate surface area is 208 Å². The van der Waals surface area contributed by atoms with Gasteiger partial charge in [0.05, 0.1) is 18.4 Å². The molecular formula is C27H23ClN4O3. The Morgan fingerprint density at radius 3 is 2.57 bits per heavy atom. The van der Waals surface area contributed by atoms with E-state index in [-0.39, 0.29) is 0 Å². The molecule has 0 spiro atoms. The zero-order valence-corrected chi connectivity index (χ0v) is 20.0. The molecule has 4 aromatic rings. The van der Waals surface area contributed by atoms with E-state index in [9.17, 15) is 4.79 Å². The van der Waals surface area contributed by atoms with Crippen molar-refractivity contribution in [3.8, 4) is 5.75 Å². The first kappa shape index (κ1) is 22.7. The maximum Gasteiger partial charge on any atom is 0.338 e. The van der Waals surface area contributed by atoms with Gasteiger partial charge >= 0.3 is 5.97 Å². The van der Waals surface area contributed by atoms with E-state index in [1.807, 2.05) is 48.5 Å². The molecule has 1 N–H and O–H groups in total. The molecule has 8 heteroatoms. The summed E-state index contributed by atoms with van der Waals surface area (Å²) in [5, 5.41) is 8.21. The van der Waals surface area contributed by atoms with E-state index < -0.39 is 12.0 Å². The normalized spacial score (nSPS) is 14.8. The number of rotatable bonds is 6. The Kier molecular flexibility index (Phi) is 6.25. The Morgan fingerprint density at radius 2 is 1.86 bits per heavy atom. The fourth-order valence-electron chi connectivity index (χ4n) is 4.16. The van der Waals surface area contributed by atoms with Gasteiger partial charge in [0, 0.05) is 5.02 Å². The number of halogens is 1. The predicted molar refractivity (Wildman–Crippen MR) is 134 cm³/mol. The first-order valence-corrected chi connectivity index (χ1v) is 11.4. The third-order valence-corrected chi connectivity index (χ3v) is 6.07. The number of carbonyl (C=O) groups excluding carboxylic acids is 1. The van der Waals surface area contributed by atoms with E-state index in [2.05, 4.69) is 34.5 Å². The second-order valence-electron chi connectivity index (χ2n) is 8.19. The van der Waals surface area contributed by atoms with E-state index in [0.29, 0.717) is 28.8 Å². The van der Waals surface area contributed by atoms with Gasteiger partial charge in [-0.05, 0) is 47.9 Å². The van der Waals surface area contributed by atoms with Crippen molar-refractivity contribution in [3.63, 3.8) is 0 Å². The lowest BCUT2D eigenvalue weighted by Gasteiger charge is -2.29. The number of nitrogens with one attached hydrogen (secondary N) is 1. The number of nitrogens with zero attached hydrogens (tertiary/aromatic N) is 3. The summed E-state index contributed by atoms with van der Waals surface area (Å²) >= 11 is 6.09. The highest BCUT2D eigenvalue weighted by Crippen LogP contribution is 2.39. The molecule has 0 bridgehead atoms. The van der Waals surface area contributed by atoms with E-state index in [1.54, 1.807) is 16.8 Å². The number of hydrogen-bond donors (Lipinski definition) is 1. The van der Waals surface area contributed by atoms with Crippen LogP contribution in [0, 0.1) is 6.92 Å². The number of hydrogen-bond acceptors (Lipinski definition) is 6. The van der Waals surface area contributed by atoms with Gasteiger partial charge in [-0.15, -0.1) is 0 Å². The fourth-order valence-corrected chi connectivity index (χ4v) is 4.28. The van der Waals surface area contributed by atoms with Crippen LogP contribution in [0.3, 0.4) is 0 Å². The molecule has 176 valence electrons. The average Bonchev–Trinajstić information content (AvgIpc) is 3.35. The van der Waals surface area contributed by atoms with Crippen molar-refractivity contribution in [2.75, 3.05) is 12.4 Å². The van der Waals surface area contributed by atoms with Crippen molar-refractivity contribution in [2.24, 2.45) is 0 Å². The SMILES string of the molecule is COC(=O)C1=C(c2ccc(Cl)cc2)Nc2ncnn2[C@H]1c1ccc(OCc2cccc(C)c2)cc1. The third-order valence-electron chi connectivity index (χ3n) is 5.82. The summed E-state index contributed by atoms with van der Waals surface area (Å²) in [6.07, 6.45) is 1.45. The number of carbonyl (C=O) groups is 1. The van der Waals surface area contributed by atoms with Crippen LogP contribution in [-0.4, -0.2) is 27.8 Å². The number of fused-ring (bicyclic) bond motifs is 1. The summed E-state index contributed by atoms with van der Waals surface area (Å²) in [6, 6.07) is 22.5. The molecule has 1 atom stereocenters. The van der Waals surface area contributed by atoms with Crippen LogP contribution in [0.1, 0.15) is 28.3 Å². The maximum absolute atomic E-state index is 13.1. The zero-order chi connectivity index (χ0) is 24.4. The number of esters is 1. The van der Waals surface area contributed by atoms with Gasteiger partial charge in [0.2, 0.25) is 5.95 Å². The van der Waals surface area contributed by atoms with Crippen LogP contribution < -0.4 is 10.1 Å². The van der Waals surface area contributed by atoms with Gasteiger partial charge in [-0.2, -0.15) is 10.1 Å². The van der Waals surface area contributed by atoms with Crippen molar-refractivity contribution >= 4 is 29.2 Å². The monoisotopic (exact) mass is 486 g/mol. The number of anilines is 1. The number of methoxy groups -OCH3 is 1. The van der Waals surface area contributed by atoms with Gasteiger partial charge < -0.3 is 14.8 Å². The second kappa shape index (κ2) is 9.64. The molecule has 0 unspecified atom stereocenters. The first-order valence-electron chi connectivity index (χ1n) is 11.1. The predicted octanol–water partition coefficient (Wildman–Crippen LogP) is 5.42. The molecule has 35 heavy (non-hydrogen) atoms. The zero-order valence-electron chi connectivity index (χ0n) is 19.2. The molecule has 0 aliphatic carbocycles. The standard InChI is InChI=1S/C27H23ClN4O3/c1-17-4-3-5-18(14-17)15-35-22-12-8-20(9-13-22)25-23(26(33)34-2)24(19-6-10-21(28)11-7-19)31-27-29-16-30-32(25)27/h3-14,16,25H,15H2,1-2H3,(H,29,30,31)/t25-/m0/s1. The number of benzene rings is 3. The highest BCUT2D eigenvalue weighted by molar-refractivity contribution is 6.30. The molecule has 0 amide bonds. The molecule has 0 fully saturated rings. The Bertz CT molecular complexity index is 1390. The Morgan fingerprint density at radius 1 is 1.09 bits per heavy atom. The Hall–Kier alpha value is -4.10. The summed E-state index contributed by atoms with van der Waals surface area (Å²) in [7, 11) is 1.37. The molecular weight excluding hydrogens is 464 g/mol. The summed E-state index contributed by atoms with van der Waals surface area (Å²) in [5.74, 6) is 0.783. The lowest BCUT2D eigenvalue weighted by atomic mass is 9.93. The van der Waals surface area contributed by atoms with Gasteiger partial charge in [-0.25, -0.2) is 9.48 Å². The van der Waals surface area contributed by atoms with E-state index in [1.165, 1.54) is 19.0 Å². The van der Waals surface area contributed by atoms with Gasteiger partial charge in [0.25, 0.3) is 0 Å². The molecule has 0 saturated carbocycles. The van der Waals surface area contributed by atoms with E-state index >= 15 is 0 Å². The summed E-state index contributed by atoms with van der Waals surface area (Å²) in [5.41, 5.74) is 4.93. The summed E-state index contributed by atoms with van der Waals surface area (Å²) in [4.78, 5) is 17.4. The highest BCUT2D eigenvalue weighted by Gasteiger charge is 2.36. The lowest BCUT2D eigenvalue weighted by Crippen LogP contribution is -2.29. The molecule has 5 rings (SSSR count). The second-order valence-corrected chi connectivity index (χ2v) is 8.63. The molecule has 1 aromatic heterocycles. The smallest absolute Gasteiger partial charge is 0.338 e. The summed E-state index contributed by atoms with van der Waals surface area (Å²) in [6.45, 7) is 2.52. The van der Waals surface area contributed by atoms with Gasteiger partial charge in [0.15, 0.2) is 0 Å². The van der Waals surface area contributed by atoms with Crippen molar-refractivity contribution < 1.29 is 14.3 Å². The van der Waals surface area contributed by atoms with Gasteiger partial charge in [-0.3, -0.25) is 0 Å². The van der Waals surface area contributed by atoms with Crippen LogP contribution in [-0.2, 0) is 16.1 Å². The average molecular weight is 487 g/mol. The van der Waals surface area contributed by atoms with Crippen molar-refractivity contribution in [2.45, 2.75) is 19.6 Å². The lowest BCUT2D eigenvalue weighted by molar-refractivity contribution is -0.136. The molecule has 1 aliphatic rings. The van der Waals surface area contributed by atoms with Crippen molar-refractivity contribution in [3.05, 3.63) is 112 Å². The van der Waals surface area contributed by atoms with E-state index in [4.69, 9.17) is 21.1 Å². The Balaban J connectivity index is 1.51. The minimum atomic E-state index is -0.544. The summed E-state index contributed by atoms with van der Waals surface area (Å²) < 4.78 is 12.8. The van der Waals surface area contributed by atoms with Crippen molar-refractivity contribution in [1.82, 2.24) is 14.8 Å². The quantitative estimate of drug-likeness (QED) is 0.367. The highest BCUT2D eigenvalue weighted by atomic mass is 35.5.